The second-order valence-corrected chi connectivity index (χ2v) is 10.1. The zero-order chi connectivity index (χ0) is 25.1. The molecule has 6 heteroatoms. The Bertz CT molecular complexity index is 1150. The van der Waals surface area contributed by atoms with Crippen molar-refractivity contribution in [3.63, 3.8) is 0 Å². The summed E-state index contributed by atoms with van der Waals surface area (Å²) >= 11 is 0. The molecule has 0 spiro atoms. The number of nitrogens with two attached hydrogens (primary N) is 1. The molecule has 36 heavy (non-hydrogen) atoms. The molecule has 4 N–H and O–H groups in total. The Balaban J connectivity index is 1.44. The van der Waals surface area contributed by atoms with Crippen LogP contribution in [0, 0.1) is 5.92 Å². The van der Waals surface area contributed by atoms with Crippen LogP contribution in [0.25, 0.3) is 11.1 Å². The van der Waals surface area contributed by atoms with Crippen LogP contribution in [0.3, 0.4) is 0 Å². The molecule has 3 aromatic rings. The fourth-order valence-corrected chi connectivity index (χ4v) is 5.30. The number of likely N-dealkylation sites (tertiary alicyclic amines) is 1. The predicted octanol–water partition coefficient (Wildman–Crippen LogP) is 4.16. The highest BCUT2D eigenvalue weighted by molar-refractivity contribution is 5.65. The quantitative estimate of drug-likeness (QED) is 0.463. The number of hydrogen-bond donors (Lipinski definition) is 3. The molecule has 6 nitrogen and oxygen atoms in total. The highest BCUT2D eigenvalue weighted by Crippen LogP contribution is 2.42. The lowest BCUT2D eigenvalue weighted by Gasteiger charge is -2.42. The van der Waals surface area contributed by atoms with E-state index in [0.29, 0.717) is 13.1 Å². The second kappa shape index (κ2) is 11.2. The maximum atomic E-state index is 10.0. The summed E-state index contributed by atoms with van der Waals surface area (Å²) in [5.41, 5.74) is 12.1. The highest BCUT2D eigenvalue weighted by atomic mass is 16.7. The van der Waals surface area contributed by atoms with Crippen molar-refractivity contribution in [3.8, 4) is 11.1 Å². The first-order valence-corrected chi connectivity index (χ1v) is 12.8. The minimum atomic E-state index is -0.515. The third kappa shape index (κ3) is 5.54. The summed E-state index contributed by atoms with van der Waals surface area (Å²) in [6.45, 7) is 5.01. The van der Waals surface area contributed by atoms with E-state index in [1.165, 1.54) is 0 Å². The molecular weight excluding hydrogens is 452 g/mol. The molecule has 2 aliphatic rings. The van der Waals surface area contributed by atoms with Gasteiger partial charge in [-0.1, -0.05) is 67.6 Å². The van der Waals surface area contributed by atoms with Crippen molar-refractivity contribution in [2.75, 3.05) is 19.6 Å². The van der Waals surface area contributed by atoms with Gasteiger partial charge in [0.05, 0.1) is 24.9 Å². The van der Waals surface area contributed by atoms with Gasteiger partial charge in [0.1, 0.15) is 0 Å². The van der Waals surface area contributed by atoms with Crippen LogP contribution in [-0.4, -0.2) is 47.0 Å². The van der Waals surface area contributed by atoms with E-state index in [0.717, 1.165) is 52.9 Å². The highest BCUT2D eigenvalue weighted by Gasteiger charge is 2.39. The fraction of sp³-hybridized carbons (Fsp3) is 0.400. The van der Waals surface area contributed by atoms with E-state index in [-0.39, 0.29) is 30.8 Å². The lowest BCUT2D eigenvalue weighted by atomic mass is 9.90. The average Bonchev–Trinajstić information content (AvgIpc) is 3.34. The van der Waals surface area contributed by atoms with E-state index in [1.54, 1.807) is 0 Å². The summed E-state index contributed by atoms with van der Waals surface area (Å²) in [5, 5.41) is 19.5. The minimum Gasteiger partial charge on any atom is -0.392 e. The molecule has 0 aromatic heterocycles. The van der Waals surface area contributed by atoms with Gasteiger partial charge in [0.2, 0.25) is 0 Å². The van der Waals surface area contributed by atoms with Gasteiger partial charge in [-0.25, -0.2) is 0 Å². The van der Waals surface area contributed by atoms with E-state index in [1.807, 2.05) is 42.5 Å². The molecule has 2 fully saturated rings. The van der Waals surface area contributed by atoms with Crippen LogP contribution in [0.5, 0.6) is 0 Å². The zero-order valence-electron chi connectivity index (χ0n) is 20.8. The van der Waals surface area contributed by atoms with Crippen molar-refractivity contribution in [1.29, 1.82) is 0 Å². The zero-order valence-corrected chi connectivity index (χ0v) is 20.8. The normalized spacial score (nSPS) is 26.8. The molecule has 2 heterocycles. The SMILES string of the molecule is C[C@@H]1[C@H](CN2CC[C@H](O)C2)O[C@H](c2cccc(-c3cccc(CN)c3)c2)O[C@@H]1c1ccc(CO)cc1. The Morgan fingerprint density at radius 2 is 1.67 bits per heavy atom. The first-order valence-electron chi connectivity index (χ1n) is 12.8. The molecule has 0 radical (unpaired) electrons. The molecule has 2 saturated heterocycles. The Morgan fingerprint density at radius 3 is 2.36 bits per heavy atom. The van der Waals surface area contributed by atoms with Crippen LogP contribution < -0.4 is 5.73 Å². The van der Waals surface area contributed by atoms with Crippen molar-refractivity contribution in [3.05, 3.63) is 95.1 Å². The summed E-state index contributed by atoms with van der Waals surface area (Å²) in [6, 6.07) is 24.6. The first kappa shape index (κ1) is 25.1. The van der Waals surface area contributed by atoms with E-state index >= 15 is 0 Å². The number of β-amino-alcohol motifs (C(OH)–C–C–N with tert-alkyl or cyclic N) is 1. The smallest absolute Gasteiger partial charge is 0.184 e. The largest absolute Gasteiger partial charge is 0.392 e. The van der Waals surface area contributed by atoms with Gasteiger partial charge in [-0.3, -0.25) is 4.90 Å². The van der Waals surface area contributed by atoms with Crippen molar-refractivity contribution >= 4 is 0 Å². The maximum absolute atomic E-state index is 10.0. The number of aliphatic hydroxyl groups is 2. The predicted molar refractivity (Wildman–Crippen MR) is 140 cm³/mol. The van der Waals surface area contributed by atoms with Crippen molar-refractivity contribution in [2.45, 2.75) is 51.1 Å². The molecular formula is C30H36N2O4. The van der Waals surface area contributed by atoms with Crippen LogP contribution in [0.2, 0.25) is 0 Å². The van der Waals surface area contributed by atoms with E-state index < -0.39 is 6.29 Å². The van der Waals surface area contributed by atoms with Crippen LogP contribution in [0.1, 0.15) is 48.0 Å². The van der Waals surface area contributed by atoms with Crippen LogP contribution in [0.15, 0.2) is 72.8 Å². The summed E-state index contributed by atoms with van der Waals surface area (Å²) in [7, 11) is 0. The van der Waals surface area contributed by atoms with Gasteiger partial charge in [0.15, 0.2) is 6.29 Å². The van der Waals surface area contributed by atoms with Gasteiger partial charge in [-0.15, -0.1) is 0 Å². The lowest BCUT2D eigenvalue weighted by Crippen LogP contribution is -2.44. The van der Waals surface area contributed by atoms with Gasteiger partial charge in [-0.2, -0.15) is 0 Å². The van der Waals surface area contributed by atoms with Gasteiger partial charge in [0.25, 0.3) is 0 Å². The van der Waals surface area contributed by atoms with Gasteiger partial charge in [-0.05, 0) is 46.4 Å². The van der Waals surface area contributed by atoms with E-state index in [4.69, 9.17) is 15.2 Å². The maximum Gasteiger partial charge on any atom is 0.184 e. The number of benzene rings is 3. The summed E-state index contributed by atoms with van der Waals surface area (Å²) < 4.78 is 13.2. The minimum absolute atomic E-state index is 0.0190. The van der Waals surface area contributed by atoms with Gasteiger partial charge in [0, 0.05) is 37.7 Å². The fourth-order valence-electron chi connectivity index (χ4n) is 5.30. The first-order chi connectivity index (χ1) is 17.5. The molecule has 5 rings (SSSR count). The van der Waals surface area contributed by atoms with Crippen molar-refractivity contribution < 1.29 is 19.7 Å². The molecule has 190 valence electrons. The molecule has 5 atom stereocenters. The molecule has 0 bridgehead atoms. The second-order valence-electron chi connectivity index (χ2n) is 10.1. The van der Waals surface area contributed by atoms with Gasteiger partial charge >= 0.3 is 0 Å². The Labute approximate surface area is 213 Å². The Morgan fingerprint density at radius 1 is 0.917 bits per heavy atom. The third-order valence-corrected chi connectivity index (χ3v) is 7.46. The topological polar surface area (TPSA) is 88.2 Å². The van der Waals surface area contributed by atoms with Crippen LogP contribution >= 0.6 is 0 Å². The summed E-state index contributed by atoms with van der Waals surface area (Å²) in [5.74, 6) is 0.114. The lowest BCUT2D eigenvalue weighted by molar-refractivity contribution is -0.276. The Kier molecular flexibility index (Phi) is 7.82. The van der Waals surface area contributed by atoms with Crippen LogP contribution in [-0.2, 0) is 22.6 Å². The molecule has 0 unspecified atom stereocenters. The molecule has 0 amide bonds. The number of rotatable bonds is 7. The van der Waals surface area contributed by atoms with Crippen LogP contribution in [0.4, 0.5) is 0 Å². The number of hydrogen-bond acceptors (Lipinski definition) is 6. The number of nitrogens with zero attached hydrogens (tertiary/aromatic N) is 1. The molecule has 3 aromatic carbocycles. The van der Waals surface area contributed by atoms with E-state index in [9.17, 15) is 10.2 Å². The Hall–Kier alpha value is -2.58. The molecule has 0 saturated carbocycles. The number of ether oxygens (including phenoxy) is 2. The van der Waals surface area contributed by atoms with Gasteiger partial charge < -0.3 is 25.4 Å². The average molecular weight is 489 g/mol. The van der Waals surface area contributed by atoms with Crippen molar-refractivity contribution in [1.82, 2.24) is 4.90 Å². The molecule has 2 aliphatic heterocycles. The molecule has 0 aliphatic carbocycles. The monoisotopic (exact) mass is 488 g/mol. The summed E-state index contributed by atoms with van der Waals surface area (Å²) in [4.78, 5) is 2.29. The van der Waals surface area contributed by atoms with E-state index in [2.05, 4.69) is 42.2 Å². The summed E-state index contributed by atoms with van der Waals surface area (Å²) in [6.07, 6.45) is -0.187. The van der Waals surface area contributed by atoms with Crippen molar-refractivity contribution in [2.24, 2.45) is 11.7 Å². The third-order valence-electron chi connectivity index (χ3n) is 7.46. The standard InChI is InChI=1S/C30H36N2O4/c1-20-28(18-32-13-12-27(34)17-32)35-30(36-29(20)23-10-8-21(19-33)9-11-23)26-7-3-6-25(15-26)24-5-2-4-22(14-24)16-31/h2-11,14-15,20,27-30,33-34H,12-13,16-19,31H2,1H3/t20-,27+,28+,29+,30+/m1/s1. The number of aliphatic hydroxyl groups excluding tert-OH is 2.